The molecule has 0 aliphatic rings. The minimum atomic E-state index is -0.0267. The van der Waals surface area contributed by atoms with E-state index in [1.165, 1.54) is 0 Å². The maximum absolute atomic E-state index is 11.9. The van der Waals surface area contributed by atoms with Gasteiger partial charge >= 0.3 is 0 Å². The molecule has 22 heavy (non-hydrogen) atoms. The second-order valence-electron chi connectivity index (χ2n) is 4.86. The fourth-order valence-electron chi connectivity index (χ4n) is 1.94. The topological polar surface area (TPSA) is 41.6 Å². The van der Waals surface area contributed by atoms with Crippen molar-refractivity contribution in [3.63, 3.8) is 0 Å². The highest BCUT2D eigenvalue weighted by Crippen LogP contribution is 2.24. The highest BCUT2D eigenvalue weighted by molar-refractivity contribution is 9.10. The Morgan fingerprint density at radius 1 is 1.23 bits per heavy atom. The first kappa shape index (κ1) is 18.7. The molecule has 0 fully saturated rings. The molecule has 120 valence electrons. The smallest absolute Gasteiger partial charge is 0.260 e. The molecule has 0 bridgehead atoms. The fraction of sp³-hybridized carbons (Fsp3) is 0.312. The highest BCUT2D eigenvalue weighted by atomic mass is 79.9. The van der Waals surface area contributed by atoms with E-state index in [4.69, 9.17) is 4.74 Å². The van der Waals surface area contributed by atoms with Crippen LogP contribution in [0, 0.1) is 0 Å². The molecule has 0 spiro atoms. The van der Waals surface area contributed by atoms with E-state index in [0.717, 1.165) is 21.8 Å². The van der Waals surface area contributed by atoms with Gasteiger partial charge in [-0.1, -0.05) is 28.1 Å². The van der Waals surface area contributed by atoms with Crippen molar-refractivity contribution >= 4 is 45.0 Å². The van der Waals surface area contributed by atoms with Crippen molar-refractivity contribution in [3.8, 4) is 5.75 Å². The number of hydrogen-bond acceptors (Lipinski definition) is 3. The molecule has 0 aromatic heterocycles. The Balaban J connectivity index is 0.00000242. The van der Waals surface area contributed by atoms with E-state index in [1.54, 1.807) is 11.9 Å². The molecule has 0 saturated carbocycles. The van der Waals surface area contributed by atoms with Crippen molar-refractivity contribution in [2.24, 2.45) is 0 Å². The molecule has 0 heterocycles. The Morgan fingerprint density at radius 2 is 1.91 bits per heavy atom. The molecule has 0 aliphatic heterocycles. The molecule has 4 nitrogen and oxygen atoms in total. The quantitative estimate of drug-likeness (QED) is 0.828. The molecule has 0 unspecified atom stereocenters. The molecule has 6 heteroatoms. The first-order valence-electron chi connectivity index (χ1n) is 6.81. The number of fused-ring (bicyclic) bond motifs is 1. The van der Waals surface area contributed by atoms with Crippen LogP contribution in [0.3, 0.4) is 0 Å². The van der Waals surface area contributed by atoms with E-state index < -0.39 is 0 Å². The number of ether oxygens (including phenoxy) is 1. The van der Waals surface area contributed by atoms with Crippen molar-refractivity contribution in [1.82, 2.24) is 10.2 Å². The van der Waals surface area contributed by atoms with Crippen LogP contribution in [-0.4, -0.2) is 44.6 Å². The molecule has 2 aromatic carbocycles. The molecule has 2 aromatic rings. The van der Waals surface area contributed by atoms with Gasteiger partial charge in [0.15, 0.2) is 6.61 Å². The van der Waals surface area contributed by atoms with Crippen LogP contribution in [0.5, 0.6) is 5.75 Å². The first-order valence-corrected chi connectivity index (χ1v) is 7.60. The number of benzene rings is 2. The number of halogens is 2. The Bertz CT molecular complexity index is 637. The molecule has 0 saturated heterocycles. The lowest BCUT2D eigenvalue weighted by molar-refractivity contribution is -0.131. The van der Waals surface area contributed by atoms with Gasteiger partial charge in [0.1, 0.15) is 5.75 Å². The Hall–Kier alpha value is -1.30. The van der Waals surface area contributed by atoms with E-state index in [1.807, 2.05) is 37.4 Å². The lowest BCUT2D eigenvalue weighted by Gasteiger charge is -2.17. The van der Waals surface area contributed by atoms with Crippen LogP contribution in [0.2, 0.25) is 0 Å². The second kappa shape index (κ2) is 8.98. The number of carbonyl (C=O) groups excluding carboxylic acids is 1. The summed E-state index contributed by atoms with van der Waals surface area (Å²) in [4.78, 5) is 13.6. The average molecular weight is 388 g/mol. The third-order valence-corrected chi connectivity index (χ3v) is 3.75. The van der Waals surface area contributed by atoms with Gasteiger partial charge in [-0.15, -0.1) is 12.4 Å². The monoisotopic (exact) mass is 386 g/mol. The number of carbonyl (C=O) groups is 1. The molecule has 1 amide bonds. The van der Waals surface area contributed by atoms with Crippen LogP contribution in [0.1, 0.15) is 0 Å². The summed E-state index contributed by atoms with van der Waals surface area (Å²) >= 11 is 3.45. The van der Waals surface area contributed by atoms with Crippen molar-refractivity contribution in [1.29, 1.82) is 0 Å². The largest absolute Gasteiger partial charge is 0.484 e. The number of amides is 1. The van der Waals surface area contributed by atoms with Crippen molar-refractivity contribution in [3.05, 3.63) is 40.9 Å². The van der Waals surface area contributed by atoms with Crippen LogP contribution in [0.15, 0.2) is 40.9 Å². The number of nitrogens with zero attached hydrogens (tertiary/aromatic N) is 1. The standard InChI is InChI=1S/C16H19BrN2O2.ClH/c1-18-7-8-19(2)16(20)11-21-15-6-4-12-9-14(17)5-3-13(12)10-15;/h3-6,9-10,18H,7-8,11H2,1-2H3;1H. The maximum atomic E-state index is 11.9. The van der Waals surface area contributed by atoms with Gasteiger partial charge in [0.2, 0.25) is 0 Å². The van der Waals surface area contributed by atoms with Gasteiger partial charge in [0, 0.05) is 24.6 Å². The zero-order valence-corrected chi connectivity index (χ0v) is 15.0. The van der Waals surface area contributed by atoms with Gasteiger partial charge in [0.05, 0.1) is 0 Å². The SMILES string of the molecule is CNCCN(C)C(=O)COc1ccc2cc(Br)ccc2c1.Cl. The van der Waals surface area contributed by atoms with Crippen LogP contribution in [0.25, 0.3) is 10.8 Å². The zero-order chi connectivity index (χ0) is 15.2. The van der Waals surface area contributed by atoms with E-state index in [2.05, 4.69) is 27.3 Å². The minimum absolute atomic E-state index is 0. The molecular formula is C16H20BrClN2O2. The van der Waals surface area contributed by atoms with Gasteiger partial charge in [-0.2, -0.15) is 0 Å². The van der Waals surface area contributed by atoms with Gasteiger partial charge < -0.3 is 15.0 Å². The summed E-state index contributed by atoms with van der Waals surface area (Å²) in [5, 5.41) is 5.24. The Morgan fingerprint density at radius 3 is 2.64 bits per heavy atom. The van der Waals surface area contributed by atoms with Crippen molar-refractivity contribution < 1.29 is 9.53 Å². The van der Waals surface area contributed by atoms with E-state index in [9.17, 15) is 4.79 Å². The zero-order valence-electron chi connectivity index (χ0n) is 12.6. The van der Waals surface area contributed by atoms with Gasteiger partial charge in [-0.25, -0.2) is 0 Å². The first-order chi connectivity index (χ1) is 10.1. The van der Waals surface area contributed by atoms with Crippen LogP contribution in [0.4, 0.5) is 0 Å². The third-order valence-electron chi connectivity index (χ3n) is 3.26. The third kappa shape index (κ3) is 5.16. The summed E-state index contributed by atoms with van der Waals surface area (Å²) in [6.45, 7) is 1.50. The molecule has 0 atom stereocenters. The summed E-state index contributed by atoms with van der Waals surface area (Å²) in [7, 11) is 3.64. The van der Waals surface area contributed by atoms with E-state index >= 15 is 0 Å². The summed E-state index contributed by atoms with van der Waals surface area (Å²) < 4.78 is 6.63. The molecule has 1 N–H and O–H groups in total. The summed E-state index contributed by atoms with van der Waals surface area (Å²) in [5.41, 5.74) is 0. The number of rotatable bonds is 6. The number of hydrogen-bond donors (Lipinski definition) is 1. The Kier molecular flexibility index (Phi) is 7.65. The van der Waals surface area contributed by atoms with Crippen LogP contribution >= 0.6 is 28.3 Å². The van der Waals surface area contributed by atoms with Gasteiger partial charge in [-0.05, 0) is 42.1 Å². The second-order valence-corrected chi connectivity index (χ2v) is 5.78. The average Bonchev–Trinajstić information content (AvgIpc) is 2.50. The van der Waals surface area contributed by atoms with Gasteiger partial charge in [0.25, 0.3) is 5.91 Å². The molecule has 0 aliphatic carbocycles. The minimum Gasteiger partial charge on any atom is -0.484 e. The van der Waals surface area contributed by atoms with E-state index in [0.29, 0.717) is 12.3 Å². The summed E-state index contributed by atoms with van der Waals surface area (Å²) in [6.07, 6.45) is 0. The number of likely N-dealkylation sites (N-methyl/N-ethyl adjacent to an activating group) is 2. The Labute approximate surface area is 145 Å². The van der Waals surface area contributed by atoms with Crippen LogP contribution in [-0.2, 0) is 4.79 Å². The number of nitrogens with one attached hydrogen (secondary N) is 1. The lowest BCUT2D eigenvalue weighted by atomic mass is 10.1. The predicted octanol–water partition coefficient (Wildman–Crippen LogP) is 3.08. The maximum Gasteiger partial charge on any atom is 0.260 e. The molecule has 0 radical (unpaired) electrons. The normalized spacial score (nSPS) is 10.1. The van der Waals surface area contributed by atoms with Gasteiger partial charge in [-0.3, -0.25) is 4.79 Å². The predicted molar refractivity (Wildman–Crippen MR) is 96.0 cm³/mol. The molecular weight excluding hydrogens is 368 g/mol. The highest BCUT2D eigenvalue weighted by Gasteiger charge is 2.09. The summed E-state index contributed by atoms with van der Waals surface area (Å²) in [6, 6.07) is 11.9. The summed E-state index contributed by atoms with van der Waals surface area (Å²) in [5.74, 6) is 0.682. The lowest BCUT2D eigenvalue weighted by Crippen LogP contribution is -2.35. The van der Waals surface area contributed by atoms with E-state index in [-0.39, 0.29) is 24.9 Å². The van der Waals surface area contributed by atoms with Crippen molar-refractivity contribution in [2.45, 2.75) is 0 Å². The van der Waals surface area contributed by atoms with Crippen molar-refractivity contribution in [2.75, 3.05) is 33.8 Å². The molecule has 2 rings (SSSR count). The fourth-order valence-corrected chi connectivity index (χ4v) is 2.32. The van der Waals surface area contributed by atoms with Crippen LogP contribution < -0.4 is 10.1 Å².